The van der Waals surface area contributed by atoms with Crippen LogP contribution in [0.1, 0.15) is 25.1 Å². The second-order valence-corrected chi connectivity index (χ2v) is 3.87. The summed E-state index contributed by atoms with van der Waals surface area (Å²) in [4.78, 5) is 6.48. The maximum atomic E-state index is 5.90. The van der Waals surface area contributed by atoms with Crippen molar-refractivity contribution in [2.45, 2.75) is 19.4 Å². The predicted molar refractivity (Wildman–Crippen MR) is 66.6 cm³/mol. The minimum atomic E-state index is 0.0401. The van der Waals surface area contributed by atoms with E-state index < -0.39 is 0 Å². The van der Waals surface area contributed by atoms with Gasteiger partial charge in [0.15, 0.2) is 0 Å². The van der Waals surface area contributed by atoms with Gasteiger partial charge >= 0.3 is 0 Å². The molecule has 0 radical (unpaired) electrons. The number of likely N-dealkylation sites (N-methyl/N-ethyl adjacent to an activating group) is 1. The quantitative estimate of drug-likeness (QED) is 0.795. The molecule has 1 aromatic rings. The first kappa shape index (κ1) is 12.9. The van der Waals surface area contributed by atoms with Crippen LogP contribution < -0.4 is 10.6 Å². The van der Waals surface area contributed by atoms with Gasteiger partial charge in [-0.25, -0.2) is 0 Å². The molecule has 0 aliphatic rings. The molecule has 0 amide bonds. The second-order valence-electron chi connectivity index (χ2n) is 3.87. The summed E-state index contributed by atoms with van der Waals surface area (Å²) in [6, 6.07) is 4.08. The largest absolute Gasteiger partial charge is 0.383 e. The van der Waals surface area contributed by atoms with Gasteiger partial charge in [0.1, 0.15) is 0 Å². The van der Waals surface area contributed by atoms with Crippen molar-refractivity contribution < 1.29 is 4.74 Å². The van der Waals surface area contributed by atoms with Crippen molar-refractivity contribution in [3.63, 3.8) is 0 Å². The molecule has 90 valence electrons. The number of pyridine rings is 1. The van der Waals surface area contributed by atoms with E-state index in [1.807, 2.05) is 25.4 Å². The molecule has 4 nitrogen and oxygen atoms in total. The zero-order chi connectivity index (χ0) is 12.0. The molecule has 0 fully saturated rings. The number of nitrogens with zero attached hydrogens (tertiary/aromatic N) is 2. The molecular weight excluding hydrogens is 202 g/mol. The van der Waals surface area contributed by atoms with Crippen LogP contribution in [0.3, 0.4) is 0 Å². The highest BCUT2D eigenvalue weighted by molar-refractivity contribution is 5.43. The molecule has 4 heteroatoms. The highest BCUT2D eigenvalue weighted by Crippen LogP contribution is 2.15. The predicted octanol–water partition coefficient (Wildman–Crippen LogP) is 1.57. The molecule has 0 bridgehead atoms. The van der Waals surface area contributed by atoms with Crippen LogP contribution in [0.25, 0.3) is 0 Å². The standard InChI is InChI=1S/C12H21N3O/c1-4-11(13)12-6-5-10(9-14-12)15(2)7-8-16-3/h5-6,9,11H,4,7-8,13H2,1-3H3/t11-/m1/s1. The molecule has 0 aliphatic heterocycles. The first-order valence-corrected chi connectivity index (χ1v) is 5.60. The lowest BCUT2D eigenvalue weighted by atomic mass is 10.1. The van der Waals surface area contributed by atoms with Crippen LogP contribution in [-0.4, -0.2) is 32.3 Å². The van der Waals surface area contributed by atoms with Gasteiger partial charge in [0.2, 0.25) is 0 Å². The number of aromatic nitrogens is 1. The van der Waals surface area contributed by atoms with Crippen molar-refractivity contribution in [3.8, 4) is 0 Å². The first-order valence-electron chi connectivity index (χ1n) is 5.60. The van der Waals surface area contributed by atoms with Crippen LogP contribution in [0.15, 0.2) is 18.3 Å². The van der Waals surface area contributed by atoms with Crippen molar-refractivity contribution in [1.29, 1.82) is 0 Å². The molecule has 0 aromatic carbocycles. The molecule has 1 heterocycles. The number of ether oxygens (including phenoxy) is 1. The Morgan fingerprint density at radius 1 is 1.50 bits per heavy atom. The number of anilines is 1. The van der Waals surface area contributed by atoms with Gasteiger partial charge in [-0.3, -0.25) is 4.98 Å². The number of hydrogen-bond acceptors (Lipinski definition) is 4. The molecule has 0 spiro atoms. The van der Waals surface area contributed by atoms with Gasteiger partial charge in [-0.05, 0) is 18.6 Å². The number of nitrogens with two attached hydrogens (primary N) is 1. The number of methoxy groups -OCH3 is 1. The minimum Gasteiger partial charge on any atom is -0.383 e. The average Bonchev–Trinajstić information content (AvgIpc) is 2.35. The molecule has 1 aromatic heterocycles. The fourth-order valence-corrected chi connectivity index (χ4v) is 1.41. The van der Waals surface area contributed by atoms with Gasteiger partial charge in [-0.1, -0.05) is 6.92 Å². The van der Waals surface area contributed by atoms with Gasteiger partial charge in [0, 0.05) is 26.7 Å². The molecule has 2 N–H and O–H groups in total. The van der Waals surface area contributed by atoms with Crippen molar-refractivity contribution in [2.75, 3.05) is 32.2 Å². The molecule has 0 saturated heterocycles. The van der Waals surface area contributed by atoms with Crippen molar-refractivity contribution >= 4 is 5.69 Å². The van der Waals surface area contributed by atoms with Crippen LogP contribution in [-0.2, 0) is 4.74 Å². The minimum absolute atomic E-state index is 0.0401. The lowest BCUT2D eigenvalue weighted by Crippen LogP contribution is -2.22. The third-order valence-corrected chi connectivity index (χ3v) is 2.66. The first-order chi connectivity index (χ1) is 7.69. The maximum Gasteiger partial charge on any atom is 0.0637 e. The van der Waals surface area contributed by atoms with E-state index in [1.54, 1.807) is 7.11 Å². The van der Waals surface area contributed by atoms with E-state index in [9.17, 15) is 0 Å². The van der Waals surface area contributed by atoms with Crippen LogP contribution in [0.2, 0.25) is 0 Å². The maximum absolute atomic E-state index is 5.90. The second kappa shape index (κ2) is 6.45. The third-order valence-electron chi connectivity index (χ3n) is 2.66. The summed E-state index contributed by atoms with van der Waals surface area (Å²) in [6.45, 7) is 3.63. The molecular formula is C12H21N3O. The summed E-state index contributed by atoms with van der Waals surface area (Å²) < 4.78 is 5.03. The Morgan fingerprint density at radius 3 is 2.75 bits per heavy atom. The van der Waals surface area contributed by atoms with E-state index in [1.165, 1.54) is 0 Å². The van der Waals surface area contributed by atoms with Gasteiger partial charge in [0.25, 0.3) is 0 Å². The molecule has 1 atom stereocenters. The highest BCUT2D eigenvalue weighted by atomic mass is 16.5. The normalized spacial score (nSPS) is 12.5. The van der Waals surface area contributed by atoms with Crippen molar-refractivity contribution in [1.82, 2.24) is 4.98 Å². The Balaban J connectivity index is 2.63. The lowest BCUT2D eigenvalue weighted by molar-refractivity contribution is 0.206. The Morgan fingerprint density at radius 2 is 2.25 bits per heavy atom. The Kier molecular flexibility index (Phi) is 5.22. The fourth-order valence-electron chi connectivity index (χ4n) is 1.41. The topological polar surface area (TPSA) is 51.4 Å². The van der Waals surface area contributed by atoms with Gasteiger partial charge < -0.3 is 15.4 Å². The van der Waals surface area contributed by atoms with Gasteiger partial charge in [0.05, 0.1) is 24.2 Å². The zero-order valence-corrected chi connectivity index (χ0v) is 10.3. The molecule has 0 saturated carbocycles. The molecule has 0 unspecified atom stereocenters. The van der Waals surface area contributed by atoms with E-state index in [4.69, 9.17) is 10.5 Å². The summed E-state index contributed by atoms with van der Waals surface area (Å²) in [5.74, 6) is 0. The average molecular weight is 223 g/mol. The van der Waals surface area contributed by atoms with E-state index in [2.05, 4.69) is 16.8 Å². The van der Waals surface area contributed by atoms with E-state index in [-0.39, 0.29) is 6.04 Å². The third kappa shape index (κ3) is 3.47. The van der Waals surface area contributed by atoms with Crippen LogP contribution >= 0.6 is 0 Å². The Labute approximate surface area is 97.4 Å². The molecule has 1 rings (SSSR count). The lowest BCUT2D eigenvalue weighted by Gasteiger charge is -2.19. The van der Waals surface area contributed by atoms with E-state index >= 15 is 0 Å². The summed E-state index contributed by atoms with van der Waals surface area (Å²) >= 11 is 0. The number of hydrogen-bond donors (Lipinski definition) is 1. The summed E-state index contributed by atoms with van der Waals surface area (Å²) in [7, 11) is 3.73. The number of rotatable bonds is 6. The van der Waals surface area contributed by atoms with Crippen LogP contribution in [0.4, 0.5) is 5.69 Å². The highest BCUT2D eigenvalue weighted by Gasteiger charge is 2.06. The Bertz CT molecular complexity index is 300. The summed E-state index contributed by atoms with van der Waals surface area (Å²) in [5.41, 5.74) is 7.94. The Hall–Kier alpha value is -1.13. The smallest absolute Gasteiger partial charge is 0.0637 e. The van der Waals surface area contributed by atoms with Gasteiger partial charge in [-0.15, -0.1) is 0 Å². The molecule has 16 heavy (non-hydrogen) atoms. The summed E-state index contributed by atoms with van der Waals surface area (Å²) in [5, 5.41) is 0. The fraction of sp³-hybridized carbons (Fsp3) is 0.583. The summed E-state index contributed by atoms with van der Waals surface area (Å²) in [6.07, 6.45) is 2.77. The SMILES string of the molecule is CC[C@@H](N)c1ccc(N(C)CCOC)cn1. The van der Waals surface area contributed by atoms with E-state index in [0.717, 1.165) is 24.3 Å². The zero-order valence-electron chi connectivity index (χ0n) is 10.3. The van der Waals surface area contributed by atoms with Gasteiger partial charge in [-0.2, -0.15) is 0 Å². The van der Waals surface area contributed by atoms with Crippen molar-refractivity contribution in [2.24, 2.45) is 5.73 Å². The van der Waals surface area contributed by atoms with Crippen molar-refractivity contribution in [3.05, 3.63) is 24.0 Å². The van der Waals surface area contributed by atoms with Crippen LogP contribution in [0, 0.1) is 0 Å². The molecule has 0 aliphatic carbocycles. The monoisotopic (exact) mass is 223 g/mol. The van der Waals surface area contributed by atoms with E-state index in [0.29, 0.717) is 6.61 Å². The van der Waals surface area contributed by atoms with Crippen LogP contribution in [0.5, 0.6) is 0 Å².